The van der Waals surface area contributed by atoms with Gasteiger partial charge >= 0.3 is 6.18 Å². The van der Waals surface area contributed by atoms with Crippen molar-refractivity contribution in [3.05, 3.63) is 42.0 Å². The van der Waals surface area contributed by atoms with Crippen LogP contribution in [0.4, 0.5) is 19.0 Å². The highest BCUT2D eigenvalue weighted by atomic mass is 35.5. The van der Waals surface area contributed by atoms with E-state index in [1.54, 1.807) is 12.1 Å². The quantitative estimate of drug-likeness (QED) is 0.688. The lowest BCUT2D eigenvalue weighted by Crippen LogP contribution is -2.43. The molecule has 1 fully saturated rings. The average molecular weight is 452 g/mol. The molecule has 1 N–H and O–H groups in total. The van der Waals surface area contributed by atoms with Crippen LogP contribution in [0.3, 0.4) is 0 Å². The molecule has 0 amide bonds. The van der Waals surface area contributed by atoms with Gasteiger partial charge in [-0.05, 0) is 41.8 Å². The summed E-state index contributed by atoms with van der Waals surface area (Å²) in [4.78, 5) is 6.99. The number of benzene rings is 1. The summed E-state index contributed by atoms with van der Waals surface area (Å²) in [6, 6.07) is 11.1. The average Bonchev–Trinajstić information content (AvgIpc) is 2.66. The van der Waals surface area contributed by atoms with Gasteiger partial charge in [-0.25, -0.2) is 4.98 Å². The fourth-order valence-corrected chi connectivity index (χ4v) is 3.10. The van der Waals surface area contributed by atoms with E-state index in [2.05, 4.69) is 10.2 Å². The van der Waals surface area contributed by atoms with Gasteiger partial charge in [0.1, 0.15) is 11.6 Å². The van der Waals surface area contributed by atoms with Crippen molar-refractivity contribution >= 4 is 30.6 Å². The van der Waals surface area contributed by atoms with Gasteiger partial charge in [-0.3, -0.25) is 0 Å². The van der Waals surface area contributed by atoms with E-state index in [1.807, 2.05) is 38.1 Å². The van der Waals surface area contributed by atoms with Crippen molar-refractivity contribution in [3.8, 4) is 17.0 Å². The third-order valence-electron chi connectivity index (χ3n) is 4.49. The topological polar surface area (TPSA) is 37.4 Å². The Labute approximate surface area is 181 Å². The number of ether oxygens (including phenoxy) is 1. The highest BCUT2D eigenvalue weighted by molar-refractivity contribution is 5.85. The molecule has 1 saturated heterocycles. The first-order valence-electron chi connectivity index (χ1n) is 9.10. The molecule has 0 aliphatic carbocycles. The van der Waals surface area contributed by atoms with Crippen molar-refractivity contribution < 1.29 is 17.9 Å². The molecule has 1 aromatic heterocycles. The third-order valence-corrected chi connectivity index (χ3v) is 4.49. The van der Waals surface area contributed by atoms with Gasteiger partial charge in [-0.2, -0.15) is 13.2 Å². The number of rotatable bonds is 5. The van der Waals surface area contributed by atoms with Crippen molar-refractivity contribution in [1.29, 1.82) is 0 Å². The molecular weight excluding hydrogens is 426 g/mol. The second-order valence-electron chi connectivity index (χ2n) is 6.93. The summed E-state index contributed by atoms with van der Waals surface area (Å²) < 4.78 is 42.5. The summed E-state index contributed by atoms with van der Waals surface area (Å²) in [6.45, 7) is 6.23. The van der Waals surface area contributed by atoms with Crippen LogP contribution in [0.2, 0.25) is 0 Å². The molecule has 2 aromatic rings. The van der Waals surface area contributed by atoms with E-state index >= 15 is 0 Å². The van der Waals surface area contributed by atoms with Crippen molar-refractivity contribution in [2.45, 2.75) is 25.9 Å². The zero-order chi connectivity index (χ0) is 19.4. The summed E-state index contributed by atoms with van der Waals surface area (Å²) >= 11 is 0. The zero-order valence-corrected chi connectivity index (χ0v) is 18.0. The van der Waals surface area contributed by atoms with Gasteiger partial charge in [0.2, 0.25) is 0 Å². The first kappa shape index (κ1) is 25.3. The fourth-order valence-electron chi connectivity index (χ4n) is 3.10. The maximum atomic E-state index is 12.5. The van der Waals surface area contributed by atoms with Gasteiger partial charge in [0.05, 0.1) is 5.69 Å². The normalized spacial score (nSPS) is 14.2. The molecule has 0 atom stereocenters. The van der Waals surface area contributed by atoms with E-state index in [1.165, 1.54) is 0 Å². The zero-order valence-electron chi connectivity index (χ0n) is 16.3. The lowest BCUT2D eigenvalue weighted by atomic mass is 9.98. The Morgan fingerprint density at radius 2 is 1.79 bits per heavy atom. The Balaban J connectivity index is 0.00000210. The molecule has 0 unspecified atom stereocenters. The third kappa shape index (κ3) is 6.94. The van der Waals surface area contributed by atoms with Crippen molar-refractivity contribution in [2.24, 2.45) is 0 Å². The number of anilines is 1. The smallest absolute Gasteiger partial charge is 0.422 e. The molecule has 4 nitrogen and oxygen atoms in total. The number of hydrogen-bond acceptors (Lipinski definition) is 4. The molecule has 1 aliphatic heterocycles. The summed E-state index contributed by atoms with van der Waals surface area (Å²) in [5, 5.41) is 3.32. The molecule has 0 saturated carbocycles. The second kappa shape index (κ2) is 10.9. The van der Waals surface area contributed by atoms with E-state index in [4.69, 9.17) is 9.72 Å². The van der Waals surface area contributed by atoms with Crippen LogP contribution in [0.5, 0.6) is 5.75 Å². The Morgan fingerprint density at radius 3 is 2.41 bits per heavy atom. The van der Waals surface area contributed by atoms with E-state index in [0.717, 1.165) is 48.8 Å². The Bertz CT molecular complexity index is 782. The maximum Gasteiger partial charge on any atom is 0.422 e. The molecule has 0 spiro atoms. The number of pyridine rings is 1. The summed E-state index contributed by atoms with van der Waals surface area (Å²) in [7, 11) is 0. The van der Waals surface area contributed by atoms with Crippen molar-refractivity contribution in [1.82, 2.24) is 10.3 Å². The number of alkyl halides is 3. The van der Waals surface area contributed by atoms with Crippen LogP contribution in [0, 0.1) is 0 Å². The SMILES string of the molecule is CC(C)c1cc(-c2cccc(N3CCNCC3)n2)ccc1OCC(F)(F)F.Cl.Cl. The molecular formula is C20H26Cl2F3N3O. The lowest BCUT2D eigenvalue weighted by molar-refractivity contribution is -0.153. The molecule has 9 heteroatoms. The highest BCUT2D eigenvalue weighted by Crippen LogP contribution is 2.32. The molecule has 0 radical (unpaired) electrons. The summed E-state index contributed by atoms with van der Waals surface area (Å²) in [6.07, 6.45) is -4.36. The number of hydrogen-bond donors (Lipinski definition) is 1. The predicted molar refractivity (Wildman–Crippen MR) is 115 cm³/mol. The highest BCUT2D eigenvalue weighted by Gasteiger charge is 2.29. The maximum absolute atomic E-state index is 12.5. The molecule has 29 heavy (non-hydrogen) atoms. The van der Waals surface area contributed by atoms with Crippen LogP contribution in [0.1, 0.15) is 25.3 Å². The van der Waals surface area contributed by atoms with Gasteiger partial charge in [-0.1, -0.05) is 19.9 Å². The Hall–Kier alpha value is -1.70. The van der Waals surface area contributed by atoms with Crippen LogP contribution >= 0.6 is 24.8 Å². The Kier molecular flexibility index (Phi) is 9.52. The van der Waals surface area contributed by atoms with Gasteiger partial charge in [0.15, 0.2) is 6.61 Å². The number of piperazine rings is 1. The van der Waals surface area contributed by atoms with Gasteiger partial charge in [-0.15, -0.1) is 24.8 Å². The van der Waals surface area contributed by atoms with E-state index in [0.29, 0.717) is 0 Å². The molecule has 1 aromatic carbocycles. The van der Waals surface area contributed by atoms with Gasteiger partial charge in [0, 0.05) is 31.7 Å². The predicted octanol–water partition coefficient (Wildman–Crippen LogP) is 5.07. The van der Waals surface area contributed by atoms with Crippen molar-refractivity contribution in [2.75, 3.05) is 37.7 Å². The van der Waals surface area contributed by atoms with E-state index in [-0.39, 0.29) is 36.5 Å². The molecule has 2 heterocycles. The van der Waals surface area contributed by atoms with E-state index < -0.39 is 12.8 Å². The number of nitrogens with one attached hydrogen (secondary N) is 1. The van der Waals surface area contributed by atoms with Crippen LogP contribution in [-0.2, 0) is 0 Å². The van der Waals surface area contributed by atoms with Crippen LogP contribution in [0.15, 0.2) is 36.4 Å². The van der Waals surface area contributed by atoms with Gasteiger partial charge < -0.3 is 15.0 Å². The largest absolute Gasteiger partial charge is 0.484 e. The van der Waals surface area contributed by atoms with Gasteiger partial charge in [0.25, 0.3) is 0 Å². The van der Waals surface area contributed by atoms with Crippen LogP contribution in [-0.4, -0.2) is 43.9 Å². The molecule has 3 rings (SSSR count). The minimum Gasteiger partial charge on any atom is -0.484 e. The molecule has 1 aliphatic rings. The van der Waals surface area contributed by atoms with Crippen LogP contribution in [0.25, 0.3) is 11.3 Å². The minimum atomic E-state index is -4.36. The number of nitrogens with zero attached hydrogens (tertiary/aromatic N) is 2. The minimum absolute atomic E-state index is 0. The monoisotopic (exact) mass is 451 g/mol. The van der Waals surface area contributed by atoms with E-state index in [9.17, 15) is 13.2 Å². The summed E-state index contributed by atoms with van der Waals surface area (Å²) in [5.41, 5.74) is 2.41. The van der Waals surface area contributed by atoms with Crippen LogP contribution < -0.4 is 15.0 Å². The van der Waals surface area contributed by atoms with Crippen molar-refractivity contribution in [3.63, 3.8) is 0 Å². The second-order valence-corrected chi connectivity index (χ2v) is 6.93. The lowest BCUT2D eigenvalue weighted by Gasteiger charge is -2.28. The molecule has 0 bridgehead atoms. The number of aromatic nitrogens is 1. The first-order valence-corrected chi connectivity index (χ1v) is 9.10. The Morgan fingerprint density at radius 1 is 1.10 bits per heavy atom. The number of halogens is 5. The standard InChI is InChI=1S/C20H24F3N3O.2ClH/c1-14(2)16-12-15(6-7-18(16)27-13-20(21,22)23)17-4-3-5-19(25-17)26-10-8-24-9-11-26;;/h3-7,12,14,24H,8-11,13H2,1-2H3;2*1H. The molecule has 162 valence electrons. The fraction of sp³-hybridized carbons (Fsp3) is 0.450. The summed E-state index contributed by atoms with van der Waals surface area (Å²) in [5.74, 6) is 1.21. The first-order chi connectivity index (χ1) is 12.8.